The largest absolute Gasteiger partial charge is 0.375 e. The number of hydrogen-bond acceptors (Lipinski definition) is 2. The van der Waals surface area contributed by atoms with E-state index in [9.17, 15) is 4.39 Å². The molecule has 1 fully saturated rings. The van der Waals surface area contributed by atoms with Crippen LogP contribution in [0.15, 0.2) is 22.7 Å². The van der Waals surface area contributed by atoms with Crippen LogP contribution < -0.4 is 5.73 Å². The van der Waals surface area contributed by atoms with Gasteiger partial charge in [0, 0.05) is 10.0 Å². The number of nitrogens with two attached hydrogens (primary N) is 1. The third-order valence-corrected chi connectivity index (χ3v) is 4.53. The van der Waals surface area contributed by atoms with Crippen LogP contribution >= 0.6 is 15.9 Å². The zero-order chi connectivity index (χ0) is 13.7. The summed E-state index contributed by atoms with van der Waals surface area (Å²) in [7, 11) is 0. The lowest BCUT2D eigenvalue weighted by Crippen LogP contribution is -2.43. The molecule has 0 unspecified atom stereocenters. The van der Waals surface area contributed by atoms with Crippen molar-refractivity contribution in [1.82, 2.24) is 0 Å². The molecule has 19 heavy (non-hydrogen) atoms. The van der Waals surface area contributed by atoms with Crippen LogP contribution in [0.5, 0.6) is 0 Å². The summed E-state index contributed by atoms with van der Waals surface area (Å²) in [6, 6.07) is 4.64. The van der Waals surface area contributed by atoms with E-state index in [0.717, 1.165) is 22.9 Å². The molecule has 2 rings (SSSR count). The Kier molecular flexibility index (Phi) is 5.37. The van der Waals surface area contributed by atoms with E-state index in [0.29, 0.717) is 13.2 Å². The minimum atomic E-state index is -0.237. The molecule has 0 aromatic heterocycles. The molecule has 2 nitrogen and oxygen atoms in total. The smallest absolute Gasteiger partial charge is 0.123 e. The van der Waals surface area contributed by atoms with Crippen molar-refractivity contribution in [2.45, 2.75) is 50.7 Å². The summed E-state index contributed by atoms with van der Waals surface area (Å²) in [4.78, 5) is 0. The Morgan fingerprint density at radius 2 is 1.89 bits per heavy atom. The van der Waals surface area contributed by atoms with E-state index < -0.39 is 0 Å². The van der Waals surface area contributed by atoms with Gasteiger partial charge in [-0.25, -0.2) is 4.39 Å². The highest BCUT2D eigenvalue weighted by molar-refractivity contribution is 9.10. The number of halogens is 2. The number of rotatable bonds is 4. The number of ether oxygens (including phenoxy) is 1. The summed E-state index contributed by atoms with van der Waals surface area (Å²) in [6.45, 7) is 0.952. The van der Waals surface area contributed by atoms with Gasteiger partial charge in [0.15, 0.2) is 0 Å². The molecule has 0 atom stereocenters. The fraction of sp³-hybridized carbons (Fsp3) is 0.600. The van der Waals surface area contributed by atoms with Gasteiger partial charge >= 0.3 is 0 Å². The zero-order valence-electron chi connectivity index (χ0n) is 11.1. The van der Waals surface area contributed by atoms with Crippen LogP contribution in [0.1, 0.15) is 44.1 Å². The summed E-state index contributed by atoms with van der Waals surface area (Å²) < 4.78 is 19.8. The van der Waals surface area contributed by atoms with E-state index in [4.69, 9.17) is 10.5 Å². The average Bonchev–Trinajstić information content (AvgIpc) is 2.59. The van der Waals surface area contributed by atoms with Crippen molar-refractivity contribution in [2.24, 2.45) is 5.73 Å². The van der Waals surface area contributed by atoms with Crippen LogP contribution in [0.4, 0.5) is 4.39 Å². The van der Waals surface area contributed by atoms with Crippen LogP contribution in [0.2, 0.25) is 0 Å². The average molecular weight is 330 g/mol. The Labute approximate surface area is 122 Å². The molecule has 1 aliphatic carbocycles. The van der Waals surface area contributed by atoms with E-state index in [1.807, 2.05) is 0 Å². The maximum atomic E-state index is 13.2. The third kappa shape index (κ3) is 4.55. The van der Waals surface area contributed by atoms with Gasteiger partial charge in [0.25, 0.3) is 0 Å². The molecular formula is C15H21BrFNO. The molecular weight excluding hydrogens is 309 g/mol. The SMILES string of the molecule is NC1(COCc2cc(F)ccc2Br)CCCCCC1. The van der Waals surface area contributed by atoms with E-state index in [2.05, 4.69) is 15.9 Å². The molecule has 0 saturated heterocycles. The first-order valence-electron chi connectivity index (χ1n) is 6.90. The molecule has 1 aromatic rings. The monoisotopic (exact) mass is 329 g/mol. The highest BCUT2D eigenvalue weighted by Crippen LogP contribution is 2.26. The van der Waals surface area contributed by atoms with Gasteiger partial charge in [0.05, 0.1) is 13.2 Å². The molecule has 0 heterocycles. The van der Waals surface area contributed by atoms with Crippen molar-refractivity contribution in [2.75, 3.05) is 6.61 Å². The standard InChI is InChI=1S/C15H21BrFNO/c16-14-6-5-13(17)9-12(14)10-19-11-15(18)7-3-1-2-4-8-15/h5-6,9H,1-4,7-8,10-11,18H2. The molecule has 1 aliphatic rings. The van der Waals surface area contributed by atoms with Crippen molar-refractivity contribution in [3.63, 3.8) is 0 Å². The maximum absolute atomic E-state index is 13.2. The summed E-state index contributed by atoms with van der Waals surface area (Å²) in [6.07, 6.45) is 6.96. The Balaban J connectivity index is 1.86. The fourth-order valence-electron chi connectivity index (χ4n) is 2.60. The topological polar surface area (TPSA) is 35.2 Å². The molecule has 106 valence electrons. The molecule has 4 heteroatoms. The first kappa shape index (κ1) is 14.9. The predicted molar refractivity (Wildman–Crippen MR) is 78.4 cm³/mol. The van der Waals surface area contributed by atoms with Crippen molar-refractivity contribution >= 4 is 15.9 Å². The Hall–Kier alpha value is -0.450. The summed E-state index contributed by atoms with van der Waals surface area (Å²) >= 11 is 3.40. The molecule has 0 amide bonds. The van der Waals surface area contributed by atoms with E-state index in [1.54, 1.807) is 6.07 Å². The van der Waals surface area contributed by atoms with Crippen molar-refractivity contribution in [3.05, 3.63) is 34.1 Å². The Morgan fingerprint density at radius 3 is 2.58 bits per heavy atom. The molecule has 0 spiro atoms. The van der Waals surface area contributed by atoms with Gasteiger partial charge in [-0.05, 0) is 36.6 Å². The number of hydrogen-bond donors (Lipinski definition) is 1. The van der Waals surface area contributed by atoms with Gasteiger partial charge in [-0.15, -0.1) is 0 Å². The maximum Gasteiger partial charge on any atom is 0.123 e. The highest BCUT2D eigenvalue weighted by atomic mass is 79.9. The quantitative estimate of drug-likeness (QED) is 0.842. The van der Waals surface area contributed by atoms with Crippen molar-refractivity contribution in [3.8, 4) is 0 Å². The lowest BCUT2D eigenvalue weighted by molar-refractivity contribution is 0.0663. The first-order valence-corrected chi connectivity index (χ1v) is 7.69. The lowest BCUT2D eigenvalue weighted by Gasteiger charge is -2.27. The second-order valence-electron chi connectivity index (χ2n) is 5.51. The molecule has 0 radical (unpaired) electrons. The molecule has 1 aromatic carbocycles. The molecule has 0 aliphatic heterocycles. The first-order chi connectivity index (χ1) is 9.09. The van der Waals surface area contributed by atoms with Gasteiger partial charge in [0.2, 0.25) is 0 Å². The van der Waals surface area contributed by atoms with Crippen molar-refractivity contribution in [1.29, 1.82) is 0 Å². The van der Waals surface area contributed by atoms with Crippen molar-refractivity contribution < 1.29 is 9.13 Å². The van der Waals surface area contributed by atoms with E-state index >= 15 is 0 Å². The second-order valence-corrected chi connectivity index (χ2v) is 6.36. The van der Waals surface area contributed by atoms with Crippen LogP contribution in [0.25, 0.3) is 0 Å². The van der Waals surface area contributed by atoms with E-state index in [1.165, 1.54) is 37.8 Å². The van der Waals surface area contributed by atoms with Crippen LogP contribution in [0.3, 0.4) is 0 Å². The summed E-state index contributed by atoms with van der Waals surface area (Å²) in [5.74, 6) is -0.237. The second kappa shape index (κ2) is 6.82. The molecule has 1 saturated carbocycles. The van der Waals surface area contributed by atoms with Crippen LogP contribution in [0, 0.1) is 5.82 Å². The van der Waals surface area contributed by atoms with Gasteiger partial charge in [-0.2, -0.15) is 0 Å². The van der Waals surface area contributed by atoms with Gasteiger partial charge in [-0.3, -0.25) is 0 Å². The minimum absolute atomic E-state index is 0.198. The fourth-order valence-corrected chi connectivity index (χ4v) is 2.96. The van der Waals surface area contributed by atoms with Crippen LogP contribution in [-0.2, 0) is 11.3 Å². The lowest BCUT2D eigenvalue weighted by atomic mass is 9.93. The normalized spacial score (nSPS) is 19.1. The van der Waals surface area contributed by atoms with E-state index in [-0.39, 0.29) is 11.4 Å². The Morgan fingerprint density at radius 1 is 1.21 bits per heavy atom. The number of benzene rings is 1. The Bertz CT molecular complexity index is 417. The van der Waals surface area contributed by atoms with Gasteiger partial charge in [0.1, 0.15) is 5.82 Å². The summed E-state index contributed by atoms with van der Waals surface area (Å²) in [5.41, 5.74) is 7.01. The predicted octanol–water partition coefficient (Wildman–Crippen LogP) is 4.16. The van der Waals surface area contributed by atoms with Gasteiger partial charge < -0.3 is 10.5 Å². The molecule has 2 N–H and O–H groups in total. The molecule has 0 bridgehead atoms. The third-order valence-electron chi connectivity index (χ3n) is 3.75. The van der Waals surface area contributed by atoms with Crippen LogP contribution in [-0.4, -0.2) is 12.1 Å². The highest BCUT2D eigenvalue weighted by Gasteiger charge is 2.26. The summed E-state index contributed by atoms with van der Waals surface area (Å²) in [5, 5.41) is 0. The van der Waals surface area contributed by atoms with Gasteiger partial charge in [-0.1, -0.05) is 41.6 Å². The minimum Gasteiger partial charge on any atom is -0.375 e. The zero-order valence-corrected chi connectivity index (χ0v) is 12.7.